The topological polar surface area (TPSA) is 103 Å². The number of carbonyl (C=O) groups excluding carboxylic acids is 1. The van der Waals surface area contributed by atoms with E-state index in [4.69, 9.17) is 9.47 Å². The highest BCUT2D eigenvalue weighted by molar-refractivity contribution is 6.06. The van der Waals surface area contributed by atoms with Crippen LogP contribution in [0.25, 0.3) is 0 Å². The number of rotatable bonds is 7. The van der Waals surface area contributed by atoms with Gasteiger partial charge in [0, 0.05) is 11.4 Å². The Balaban J connectivity index is 1.78. The van der Waals surface area contributed by atoms with Crippen LogP contribution in [0.3, 0.4) is 0 Å². The molecule has 9 nitrogen and oxygen atoms in total. The van der Waals surface area contributed by atoms with E-state index in [1.807, 2.05) is 70.2 Å². The molecule has 3 aromatic rings. The van der Waals surface area contributed by atoms with E-state index >= 15 is 0 Å². The van der Waals surface area contributed by atoms with Crippen molar-refractivity contribution in [3.05, 3.63) is 64.9 Å². The first kappa shape index (κ1) is 21.4. The van der Waals surface area contributed by atoms with E-state index < -0.39 is 6.04 Å². The second-order valence-electron chi connectivity index (χ2n) is 7.35. The Bertz CT molecular complexity index is 1170. The summed E-state index contributed by atoms with van der Waals surface area (Å²) in [6, 6.07) is 12.7. The number of allylic oxidation sites excluding steroid dienone is 1. The van der Waals surface area contributed by atoms with Crippen LogP contribution in [0, 0.1) is 6.92 Å². The molecule has 2 N–H and O–H groups in total. The highest BCUT2D eigenvalue weighted by Crippen LogP contribution is 2.38. The molecule has 0 fully saturated rings. The van der Waals surface area contributed by atoms with E-state index in [2.05, 4.69) is 26.2 Å². The van der Waals surface area contributed by atoms with Crippen LogP contribution in [-0.4, -0.2) is 39.3 Å². The lowest BCUT2D eigenvalue weighted by Crippen LogP contribution is -2.31. The summed E-state index contributed by atoms with van der Waals surface area (Å²) < 4.78 is 13.1. The Labute approximate surface area is 186 Å². The number of fused-ring (bicyclic) bond motifs is 1. The van der Waals surface area contributed by atoms with Gasteiger partial charge in [-0.25, -0.2) is 0 Å². The largest absolute Gasteiger partial charge is 0.490 e. The minimum absolute atomic E-state index is 0.234. The lowest BCUT2D eigenvalue weighted by atomic mass is 9.94. The summed E-state index contributed by atoms with van der Waals surface area (Å²) in [5.41, 5.74) is 3.72. The molecule has 0 spiro atoms. The number of aryl methyl sites for hydroxylation is 1. The van der Waals surface area contributed by atoms with Crippen molar-refractivity contribution >= 4 is 17.5 Å². The fourth-order valence-electron chi connectivity index (χ4n) is 3.76. The van der Waals surface area contributed by atoms with Gasteiger partial charge in [-0.1, -0.05) is 29.4 Å². The fourth-order valence-corrected chi connectivity index (χ4v) is 3.76. The fraction of sp³-hybridized carbons (Fsp3) is 0.304. The van der Waals surface area contributed by atoms with Gasteiger partial charge in [0.1, 0.15) is 6.04 Å². The number of benzene rings is 2. The minimum atomic E-state index is -0.542. The first-order chi connectivity index (χ1) is 15.5. The van der Waals surface area contributed by atoms with Gasteiger partial charge in [0.15, 0.2) is 11.5 Å². The third-order valence-electron chi connectivity index (χ3n) is 5.24. The molecule has 9 heteroatoms. The number of hydrogen-bond acceptors (Lipinski definition) is 7. The van der Waals surface area contributed by atoms with Gasteiger partial charge < -0.3 is 20.1 Å². The molecule has 0 saturated heterocycles. The van der Waals surface area contributed by atoms with E-state index in [1.54, 1.807) is 4.68 Å². The molecule has 1 unspecified atom stereocenters. The molecule has 1 aliphatic rings. The van der Waals surface area contributed by atoms with Crippen LogP contribution in [0.4, 0.5) is 11.6 Å². The predicted octanol–water partition coefficient (Wildman–Crippen LogP) is 3.71. The summed E-state index contributed by atoms with van der Waals surface area (Å²) in [4.78, 5) is 13.5. The summed E-state index contributed by atoms with van der Waals surface area (Å²) in [5, 5.41) is 18.2. The van der Waals surface area contributed by atoms with E-state index in [1.165, 1.54) is 0 Å². The molecule has 32 heavy (non-hydrogen) atoms. The Morgan fingerprint density at radius 1 is 1.09 bits per heavy atom. The zero-order valence-corrected chi connectivity index (χ0v) is 18.5. The first-order valence-corrected chi connectivity index (χ1v) is 10.6. The molecule has 1 aliphatic heterocycles. The number of hydrogen-bond donors (Lipinski definition) is 2. The van der Waals surface area contributed by atoms with Gasteiger partial charge in [0.25, 0.3) is 5.91 Å². The lowest BCUT2D eigenvalue weighted by Gasteiger charge is -2.28. The van der Waals surface area contributed by atoms with E-state index in [9.17, 15) is 4.79 Å². The number of nitrogens with one attached hydrogen (secondary N) is 2. The molecular weight excluding hydrogens is 408 g/mol. The monoisotopic (exact) mass is 434 g/mol. The van der Waals surface area contributed by atoms with Crippen molar-refractivity contribution in [1.82, 2.24) is 20.2 Å². The zero-order chi connectivity index (χ0) is 22.7. The number of anilines is 2. The van der Waals surface area contributed by atoms with Gasteiger partial charge in [0.05, 0.1) is 18.8 Å². The molecule has 1 atom stereocenters. The highest BCUT2D eigenvalue weighted by atomic mass is 16.5. The van der Waals surface area contributed by atoms with Crippen LogP contribution in [-0.2, 0) is 4.79 Å². The van der Waals surface area contributed by atoms with Crippen molar-refractivity contribution in [2.45, 2.75) is 33.7 Å². The van der Waals surface area contributed by atoms with Crippen molar-refractivity contribution in [2.24, 2.45) is 0 Å². The first-order valence-electron chi connectivity index (χ1n) is 10.6. The Morgan fingerprint density at radius 3 is 2.59 bits per heavy atom. The van der Waals surface area contributed by atoms with Crippen molar-refractivity contribution in [3.63, 3.8) is 0 Å². The number of para-hydroxylation sites is 1. The third-order valence-corrected chi connectivity index (χ3v) is 5.24. The molecule has 0 saturated carbocycles. The summed E-state index contributed by atoms with van der Waals surface area (Å²) in [6.07, 6.45) is 0. The van der Waals surface area contributed by atoms with Crippen molar-refractivity contribution < 1.29 is 14.3 Å². The van der Waals surface area contributed by atoms with Gasteiger partial charge in [-0.3, -0.25) is 4.79 Å². The number of nitrogens with zero attached hydrogens (tertiary/aromatic N) is 4. The summed E-state index contributed by atoms with van der Waals surface area (Å²) in [5.74, 6) is 1.49. The Morgan fingerprint density at radius 2 is 1.84 bits per heavy atom. The molecular formula is C23H26N6O3. The highest BCUT2D eigenvalue weighted by Gasteiger charge is 2.34. The van der Waals surface area contributed by atoms with Crippen molar-refractivity contribution in [3.8, 4) is 11.5 Å². The zero-order valence-electron chi connectivity index (χ0n) is 18.5. The van der Waals surface area contributed by atoms with Crippen LogP contribution in [0.5, 0.6) is 11.5 Å². The average molecular weight is 435 g/mol. The molecule has 0 aliphatic carbocycles. The molecule has 4 rings (SSSR count). The van der Waals surface area contributed by atoms with Gasteiger partial charge in [-0.05, 0) is 67.4 Å². The molecule has 166 valence electrons. The minimum Gasteiger partial charge on any atom is -0.490 e. The number of ether oxygens (including phenoxy) is 2. The maximum atomic E-state index is 13.5. The molecule has 0 bridgehead atoms. The van der Waals surface area contributed by atoms with Crippen LogP contribution in [0.1, 0.15) is 37.9 Å². The molecule has 2 aromatic carbocycles. The smallest absolute Gasteiger partial charge is 0.255 e. The van der Waals surface area contributed by atoms with Crippen molar-refractivity contribution in [2.75, 3.05) is 23.8 Å². The second kappa shape index (κ2) is 9.09. The quantitative estimate of drug-likeness (QED) is 0.584. The summed E-state index contributed by atoms with van der Waals surface area (Å²) in [6.45, 7) is 8.64. The van der Waals surface area contributed by atoms with Crippen LogP contribution in [0.2, 0.25) is 0 Å². The van der Waals surface area contributed by atoms with Crippen LogP contribution in [0.15, 0.2) is 53.7 Å². The molecule has 1 aromatic heterocycles. The summed E-state index contributed by atoms with van der Waals surface area (Å²) in [7, 11) is 0. The number of amides is 1. The average Bonchev–Trinajstić information content (AvgIpc) is 3.24. The second-order valence-corrected chi connectivity index (χ2v) is 7.35. The third kappa shape index (κ3) is 4.01. The molecule has 2 heterocycles. The van der Waals surface area contributed by atoms with Gasteiger partial charge >= 0.3 is 0 Å². The predicted molar refractivity (Wildman–Crippen MR) is 121 cm³/mol. The van der Waals surface area contributed by atoms with E-state index in [-0.39, 0.29) is 5.91 Å². The maximum absolute atomic E-state index is 13.5. The molecule has 1 amide bonds. The van der Waals surface area contributed by atoms with Crippen LogP contribution >= 0.6 is 0 Å². The molecule has 0 radical (unpaired) electrons. The van der Waals surface area contributed by atoms with Crippen LogP contribution < -0.4 is 20.1 Å². The van der Waals surface area contributed by atoms with Crippen molar-refractivity contribution in [1.29, 1.82) is 0 Å². The van der Waals surface area contributed by atoms with E-state index in [0.717, 1.165) is 16.8 Å². The number of aromatic nitrogens is 4. The van der Waals surface area contributed by atoms with Gasteiger partial charge in [-0.15, -0.1) is 0 Å². The lowest BCUT2D eigenvalue weighted by molar-refractivity contribution is -0.113. The number of carbonyl (C=O) groups is 1. The Hall–Kier alpha value is -3.88. The Kier molecular flexibility index (Phi) is 6.07. The SMILES string of the molecule is CCOc1ccc(C2C(C(=O)Nc3ccccc3C)=C(C)Nc3nnnn32)cc1OCC. The summed E-state index contributed by atoms with van der Waals surface area (Å²) >= 11 is 0. The standard InChI is InChI=1S/C23H26N6O3/c1-5-31-18-12-11-16(13-19(18)32-6-2)21-20(15(4)24-23-26-27-28-29(21)23)22(30)25-17-10-8-7-9-14(17)3/h7-13,21H,5-6H2,1-4H3,(H,25,30)(H,24,26,28). The van der Waals surface area contributed by atoms with Gasteiger partial charge in [0.2, 0.25) is 5.95 Å². The normalized spacial score (nSPS) is 15.1. The van der Waals surface area contributed by atoms with Gasteiger partial charge in [-0.2, -0.15) is 4.68 Å². The maximum Gasteiger partial charge on any atom is 0.255 e. The van der Waals surface area contributed by atoms with E-state index in [0.29, 0.717) is 41.9 Å². The number of tetrazole rings is 1.